The average Bonchev–Trinajstić information content (AvgIpc) is 2.88. The van der Waals surface area contributed by atoms with Gasteiger partial charge in [0.25, 0.3) is 0 Å². The molecule has 6 nitrogen and oxygen atoms in total. The summed E-state index contributed by atoms with van der Waals surface area (Å²) in [5.41, 5.74) is 0.899. The maximum atomic E-state index is 12.3. The normalized spacial score (nSPS) is 15.0. The van der Waals surface area contributed by atoms with E-state index in [0.717, 1.165) is 18.7 Å². The van der Waals surface area contributed by atoms with E-state index >= 15 is 0 Å². The molecule has 0 bridgehead atoms. The summed E-state index contributed by atoms with van der Waals surface area (Å²) in [6.45, 7) is 7.32. The molecule has 22 heavy (non-hydrogen) atoms. The highest BCUT2D eigenvalue weighted by molar-refractivity contribution is 6.29. The molecule has 3 amide bonds. The molecule has 0 aliphatic carbocycles. The van der Waals surface area contributed by atoms with E-state index in [2.05, 4.69) is 4.98 Å². The number of carbonyl (C=O) groups is 2. The third-order valence-electron chi connectivity index (χ3n) is 3.81. The van der Waals surface area contributed by atoms with Gasteiger partial charge >= 0.3 is 6.03 Å². The van der Waals surface area contributed by atoms with Crippen LogP contribution in [0.3, 0.4) is 0 Å². The van der Waals surface area contributed by atoms with Gasteiger partial charge in [-0.2, -0.15) is 0 Å². The fourth-order valence-corrected chi connectivity index (χ4v) is 2.52. The summed E-state index contributed by atoms with van der Waals surface area (Å²) in [7, 11) is 0. The van der Waals surface area contributed by atoms with Crippen molar-refractivity contribution in [3.63, 3.8) is 0 Å². The van der Waals surface area contributed by atoms with E-state index in [9.17, 15) is 9.59 Å². The van der Waals surface area contributed by atoms with Gasteiger partial charge in [-0.05, 0) is 24.7 Å². The SMILES string of the molecule is CCN(CC)CC(=O)N1CCN(Cc2ccc(Cl)nc2)C1=O. The van der Waals surface area contributed by atoms with Gasteiger partial charge in [0.15, 0.2) is 0 Å². The molecule has 0 atom stereocenters. The summed E-state index contributed by atoms with van der Waals surface area (Å²) in [6.07, 6.45) is 1.65. The second-order valence-corrected chi connectivity index (χ2v) is 5.59. The molecule has 2 heterocycles. The van der Waals surface area contributed by atoms with Crippen LogP contribution < -0.4 is 0 Å². The minimum absolute atomic E-state index is 0.134. The van der Waals surface area contributed by atoms with Gasteiger partial charge in [-0.1, -0.05) is 31.5 Å². The first kappa shape index (κ1) is 16.7. The number of pyridine rings is 1. The molecule has 2 rings (SSSR count). The Morgan fingerprint density at radius 2 is 2.05 bits per heavy atom. The molecule has 0 unspecified atom stereocenters. The smallest absolute Gasteiger partial charge is 0.318 e. The summed E-state index contributed by atoms with van der Waals surface area (Å²) in [6, 6.07) is 3.30. The van der Waals surface area contributed by atoms with Crippen LogP contribution in [0.15, 0.2) is 18.3 Å². The number of aromatic nitrogens is 1. The van der Waals surface area contributed by atoms with Crippen LogP contribution in [0.2, 0.25) is 5.15 Å². The topological polar surface area (TPSA) is 56.8 Å². The van der Waals surface area contributed by atoms with Crippen LogP contribution in [0.25, 0.3) is 0 Å². The van der Waals surface area contributed by atoms with Gasteiger partial charge in [0, 0.05) is 25.8 Å². The standard InChI is InChI=1S/C15H21ClN4O2/c1-3-18(4-2)11-14(21)20-8-7-19(15(20)22)10-12-5-6-13(16)17-9-12/h5-6,9H,3-4,7-8,10-11H2,1-2H3. The Balaban J connectivity index is 1.94. The number of urea groups is 1. The van der Waals surface area contributed by atoms with E-state index in [0.29, 0.717) is 24.8 Å². The van der Waals surface area contributed by atoms with E-state index in [1.54, 1.807) is 17.2 Å². The van der Waals surface area contributed by atoms with Gasteiger partial charge in [-0.3, -0.25) is 14.6 Å². The molecular formula is C15H21ClN4O2. The maximum Gasteiger partial charge on any atom is 0.327 e. The fourth-order valence-electron chi connectivity index (χ4n) is 2.40. The van der Waals surface area contributed by atoms with Crippen molar-refractivity contribution in [3.8, 4) is 0 Å². The molecule has 1 aliphatic heterocycles. The highest BCUT2D eigenvalue weighted by Gasteiger charge is 2.33. The van der Waals surface area contributed by atoms with Crippen molar-refractivity contribution in [1.29, 1.82) is 0 Å². The number of likely N-dealkylation sites (N-methyl/N-ethyl adjacent to an activating group) is 1. The van der Waals surface area contributed by atoms with E-state index in [4.69, 9.17) is 11.6 Å². The average molecular weight is 325 g/mol. The van der Waals surface area contributed by atoms with Crippen molar-refractivity contribution in [2.75, 3.05) is 32.7 Å². The van der Waals surface area contributed by atoms with Gasteiger partial charge in [0.2, 0.25) is 5.91 Å². The minimum Gasteiger partial charge on any atom is -0.318 e. The summed E-state index contributed by atoms with van der Waals surface area (Å²) in [4.78, 5) is 33.6. The summed E-state index contributed by atoms with van der Waals surface area (Å²) in [5, 5.41) is 0.424. The number of amides is 3. The van der Waals surface area contributed by atoms with E-state index in [1.807, 2.05) is 24.8 Å². The molecule has 7 heteroatoms. The van der Waals surface area contributed by atoms with Crippen LogP contribution in [0.5, 0.6) is 0 Å². The second kappa shape index (κ2) is 7.56. The number of imide groups is 1. The van der Waals surface area contributed by atoms with Crippen molar-refractivity contribution < 1.29 is 9.59 Å². The van der Waals surface area contributed by atoms with E-state index < -0.39 is 0 Å². The van der Waals surface area contributed by atoms with E-state index in [1.165, 1.54) is 4.90 Å². The van der Waals surface area contributed by atoms with Crippen molar-refractivity contribution in [2.24, 2.45) is 0 Å². The Labute approximate surface area is 135 Å². The van der Waals surface area contributed by atoms with Crippen molar-refractivity contribution in [3.05, 3.63) is 29.0 Å². The highest BCUT2D eigenvalue weighted by Crippen LogP contribution is 2.14. The number of carbonyl (C=O) groups excluding carboxylic acids is 2. The summed E-state index contributed by atoms with van der Waals surface area (Å²) < 4.78 is 0. The van der Waals surface area contributed by atoms with Crippen LogP contribution in [0.4, 0.5) is 4.79 Å². The van der Waals surface area contributed by atoms with Crippen LogP contribution in [0.1, 0.15) is 19.4 Å². The third kappa shape index (κ3) is 3.96. The third-order valence-corrected chi connectivity index (χ3v) is 4.03. The largest absolute Gasteiger partial charge is 0.327 e. The molecule has 0 radical (unpaired) electrons. The summed E-state index contributed by atoms with van der Waals surface area (Å²) in [5.74, 6) is -0.134. The molecule has 120 valence electrons. The lowest BCUT2D eigenvalue weighted by atomic mass is 10.3. The summed E-state index contributed by atoms with van der Waals surface area (Å²) >= 11 is 5.75. The molecule has 1 saturated heterocycles. The van der Waals surface area contributed by atoms with Crippen molar-refractivity contribution in [1.82, 2.24) is 19.7 Å². The molecule has 1 aromatic heterocycles. The van der Waals surface area contributed by atoms with Crippen LogP contribution in [-0.4, -0.2) is 64.3 Å². The zero-order chi connectivity index (χ0) is 16.1. The molecule has 1 aliphatic rings. The lowest BCUT2D eigenvalue weighted by Gasteiger charge is -2.21. The van der Waals surface area contributed by atoms with Gasteiger partial charge in [-0.15, -0.1) is 0 Å². The first-order valence-corrected chi connectivity index (χ1v) is 7.85. The van der Waals surface area contributed by atoms with Crippen LogP contribution in [0, 0.1) is 0 Å². The highest BCUT2D eigenvalue weighted by atomic mass is 35.5. The van der Waals surface area contributed by atoms with E-state index in [-0.39, 0.29) is 18.5 Å². The number of nitrogens with zero attached hydrogens (tertiary/aromatic N) is 4. The number of halogens is 1. The zero-order valence-electron chi connectivity index (χ0n) is 13.0. The lowest BCUT2D eigenvalue weighted by molar-refractivity contribution is -0.128. The van der Waals surface area contributed by atoms with Crippen molar-refractivity contribution >= 4 is 23.5 Å². The predicted molar refractivity (Wildman–Crippen MR) is 84.6 cm³/mol. The molecule has 0 N–H and O–H groups in total. The van der Waals surface area contributed by atoms with Gasteiger partial charge in [0.05, 0.1) is 6.54 Å². The quantitative estimate of drug-likeness (QED) is 0.749. The monoisotopic (exact) mass is 324 g/mol. The molecule has 0 spiro atoms. The van der Waals surface area contributed by atoms with Gasteiger partial charge in [-0.25, -0.2) is 9.78 Å². The first-order chi connectivity index (χ1) is 10.5. The number of hydrogen-bond acceptors (Lipinski definition) is 4. The van der Waals surface area contributed by atoms with Crippen LogP contribution in [-0.2, 0) is 11.3 Å². The Morgan fingerprint density at radius 1 is 1.32 bits per heavy atom. The Hall–Kier alpha value is -1.66. The zero-order valence-corrected chi connectivity index (χ0v) is 13.7. The van der Waals surface area contributed by atoms with Gasteiger partial charge in [0.1, 0.15) is 5.15 Å². The molecule has 1 aromatic rings. The Bertz CT molecular complexity index is 531. The van der Waals surface area contributed by atoms with Crippen molar-refractivity contribution in [2.45, 2.75) is 20.4 Å². The molecule has 0 saturated carbocycles. The number of hydrogen-bond donors (Lipinski definition) is 0. The predicted octanol–water partition coefficient (Wildman–Crippen LogP) is 1.84. The van der Waals surface area contributed by atoms with Crippen LogP contribution >= 0.6 is 11.6 Å². The Morgan fingerprint density at radius 3 is 2.64 bits per heavy atom. The molecule has 1 fully saturated rings. The Kier molecular flexibility index (Phi) is 5.74. The first-order valence-electron chi connectivity index (χ1n) is 7.47. The number of rotatable bonds is 6. The minimum atomic E-state index is -0.230. The lowest BCUT2D eigenvalue weighted by Crippen LogP contribution is -2.42. The molecular weight excluding hydrogens is 304 g/mol. The molecule has 0 aromatic carbocycles. The second-order valence-electron chi connectivity index (χ2n) is 5.20. The fraction of sp³-hybridized carbons (Fsp3) is 0.533. The maximum absolute atomic E-state index is 12.3. The van der Waals surface area contributed by atoms with Gasteiger partial charge < -0.3 is 4.90 Å².